The first kappa shape index (κ1) is 13.5. The topological polar surface area (TPSA) is 75.4 Å². The predicted molar refractivity (Wildman–Crippen MR) is 73.4 cm³/mol. The molecule has 1 aliphatic rings. The summed E-state index contributed by atoms with van der Waals surface area (Å²) < 4.78 is 0. The van der Waals surface area contributed by atoms with Crippen LogP contribution in [0.5, 0.6) is 0 Å². The molecular formula is C14H19N3O2. The van der Waals surface area contributed by atoms with Crippen LogP contribution in [0.15, 0.2) is 24.3 Å². The summed E-state index contributed by atoms with van der Waals surface area (Å²) in [6.45, 7) is 4.40. The van der Waals surface area contributed by atoms with Gasteiger partial charge in [-0.3, -0.25) is 15.0 Å². The zero-order valence-corrected chi connectivity index (χ0v) is 11.3. The van der Waals surface area contributed by atoms with E-state index in [0.29, 0.717) is 19.4 Å². The summed E-state index contributed by atoms with van der Waals surface area (Å²) in [4.78, 5) is 25.3. The van der Waals surface area contributed by atoms with Crippen molar-refractivity contribution in [3.8, 4) is 0 Å². The number of hydrogen-bond donors (Lipinski definition) is 2. The van der Waals surface area contributed by atoms with Crippen LogP contribution in [0.25, 0.3) is 0 Å². The number of amides is 2. The highest BCUT2D eigenvalue weighted by atomic mass is 16.2. The lowest BCUT2D eigenvalue weighted by Crippen LogP contribution is -2.37. The lowest BCUT2D eigenvalue weighted by molar-refractivity contribution is -0.123. The fraction of sp³-hybridized carbons (Fsp3) is 0.429. The highest BCUT2D eigenvalue weighted by Gasteiger charge is 2.43. The van der Waals surface area contributed by atoms with Crippen LogP contribution in [0, 0.1) is 0 Å². The Labute approximate surface area is 112 Å². The highest BCUT2D eigenvalue weighted by Crippen LogP contribution is 2.41. The molecule has 0 saturated carbocycles. The first-order valence-corrected chi connectivity index (χ1v) is 6.39. The van der Waals surface area contributed by atoms with E-state index in [-0.39, 0.29) is 11.8 Å². The summed E-state index contributed by atoms with van der Waals surface area (Å²) >= 11 is 0. The fourth-order valence-corrected chi connectivity index (χ4v) is 2.49. The average Bonchev–Trinajstić information content (AvgIpc) is 2.60. The molecule has 0 fully saturated rings. The monoisotopic (exact) mass is 261 g/mol. The Morgan fingerprint density at radius 1 is 1.37 bits per heavy atom. The van der Waals surface area contributed by atoms with E-state index >= 15 is 0 Å². The second kappa shape index (κ2) is 5.01. The number of nitrogens with one attached hydrogen (secondary N) is 1. The molecule has 3 N–H and O–H groups in total. The maximum Gasteiger partial charge on any atom is 0.237 e. The summed E-state index contributed by atoms with van der Waals surface area (Å²) in [6, 6.07) is 7.80. The largest absolute Gasteiger partial charge is 0.311 e. The van der Waals surface area contributed by atoms with Gasteiger partial charge >= 0.3 is 0 Å². The molecule has 0 spiro atoms. The molecule has 0 atom stereocenters. The summed E-state index contributed by atoms with van der Waals surface area (Å²) in [5.41, 5.74) is 3.60. The third-order valence-corrected chi connectivity index (χ3v) is 3.59. The Kier molecular flexibility index (Phi) is 3.57. The van der Waals surface area contributed by atoms with Gasteiger partial charge in [0.15, 0.2) is 0 Å². The van der Waals surface area contributed by atoms with Crippen LogP contribution >= 0.6 is 0 Å². The number of benzene rings is 1. The van der Waals surface area contributed by atoms with Crippen LogP contribution in [-0.2, 0) is 15.0 Å². The van der Waals surface area contributed by atoms with E-state index in [2.05, 4.69) is 5.43 Å². The van der Waals surface area contributed by atoms with Gasteiger partial charge < -0.3 is 4.90 Å². The molecule has 0 aliphatic carbocycles. The van der Waals surface area contributed by atoms with Crippen molar-refractivity contribution in [3.05, 3.63) is 29.8 Å². The van der Waals surface area contributed by atoms with Gasteiger partial charge in [0.1, 0.15) is 0 Å². The van der Waals surface area contributed by atoms with E-state index in [1.165, 1.54) is 0 Å². The molecule has 0 aromatic heterocycles. The van der Waals surface area contributed by atoms with Gasteiger partial charge in [-0.2, -0.15) is 0 Å². The standard InChI is InChI=1S/C14H19N3O2/c1-14(2)10-6-3-4-7-11(10)17(13(14)19)9-5-8-12(18)16-15/h3-4,6-7H,5,8-9,15H2,1-2H3,(H,16,18). The van der Waals surface area contributed by atoms with Crippen molar-refractivity contribution in [2.45, 2.75) is 32.1 Å². The van der Waals surface area contributed by atoms with Crippen LogP contribution < -0.4 is 16.2 Å². The smallest absolute Gasteiger partial charge is 0.237 e. The van der Waals surface area contributed by atoms with Gasteiger partial charge in [-0.15, -0.1) is 0 Å². The second-order valence-electron chi connectivity index (χ2n) is 5.27. The van der Waals surface area contributed by atoms with Crippen molar-refractivity contribution in [2.24, 2.45) is 5.84 Å². The first-order chi connectivity index (χ1) is 8.98. The minimum atomic E-state index is -0.493. The van der Waals surface area contributed by atoms with Gasteiger partial charge in [-0.1, -0.05) is 18.2 Å². The zero-order valence-electron chi connectivity index (χ0n) is 11.3. The van der Waals surface area contributed by atoms with E-state index in [9.17, 15) is 9.59 Å². The van der Waals surface area contributed by atoms with Crippen molar-refractivity contribution in [1.29, 1.82) is 0 Å². The van der Waals surface area contributed by atoms with E-state index in [4.69, 9.17) is 5.84 Å². The number of fused-ring (bicyclic) bond motifs is 1. The van der Waals surface area contributed by atoms with E-state index in [1.807, 2.05) is 38.1 Å². The minimum absolute atomic E-state index is 0.0851. The van der Waals surface area contributed by atoms with Gasteiger partial charge in [-0.25, -0.2) is 5.84 Å². The molecule has 1 heterocycles. The number of hydrazine groups is 1. The lowest BCUT2D eigenvalue weighted by atomic mass is 9.86. The van der Waals surface area contributed by atoms with E-state index < -0.39 is 5.41 Å². The molecule has 2 amide bonds. The van der Waals surface area contributed by atoms with E-state index in [1.54, 1.807) is 4.90 Å². The van der Waals surface area contributed by atoms with Crippen molar-refractivity contribution in [1.82, 2.24) is 5.43 Å². The van der Waals surface area contributed by atoms with Crippen molar-refractivity contribution in [3.63, 3.8) is 0 Å². The number of nitrogens with zero attached hydrogens (tertiary/aromatic N) is 1. The normalized spacial score (nSPS) is 16.4. The van der Waals surface area contributed by atoms with Gasteiger partial charge in [0.05, 0.1) is 5.41 Å². The molecule has 0 unspecified atom stereocenters. The van der Waals surface area contributed by atoms with Crippen LogP contribution in [-0.4, -0.2) is 18.4 Å². The van der Waals surface area contributed by atoms with Gasteiger partial charge in [0, 0.05) is 18.7 Å². The zero-order chi connectivity index (χ0) is 14.0. The molecule has 5 nitrogen and oxygen atoms in total. The summed E-state index contributed by atoms with van der Waals surface area (Å²) in [5, 5.41) is 0. The number of anilines is 1. The quantitative estimate of drug-likeness (QED) is 0.484. The Morgan fingerprint density at radius 2 is 2.05 bits per heavy atom. The Morgan fingerprint density at radius 3 is 2.74 bits per heavy atom. The number of para-hydroxylation sites is 1. The molecule has 102 valence electrons. The molecule has 2 rings (SSSR count). The molecule has 1 aromatic carbocycles. The van der Waals surface area contributed by atoms with Crippen LogP contribution in [0.1, 0.15) is 32.3 Å². The molecule has 0 radical (unpaired) electrons. The number of nitrogens with two attached hydrogens (primary N) is 1. The van der Waals surface area contributed by atoms with Crippen molar-refractivity contribution >= 4 is 17.5 Å². The van der Waals surface area contributed by atoms with Crippen LogP contribution in [0.4, 0.5) is 5.69 Å². The van der Waals surface area contributed by atoms with Gasteiger partial charge in [0.2, 0.25) is 11.8 Å². The summed E-state index contributed by atoms with van der Waals surface area (Å²) in [5.74, 6) is 4.91. The van der Waals surface area contributed by atoms with Crippen molar-refractivity contribution < 1.29 is 9.59 Å². The number of carbonyl (C=O) groups excluding carboxylic acids is 2. The maximum atomic E-state index is 12.4. The Bertz CT molecular complexity index is 511. The van der Waals surface area contributed by atoms with E-state index in [0.717, 1.165) is 11.3 Å². The molecule has 19 heavy (non-hydrogen) atoms. The van der Waals surface area contributed by atoms with Gasteiger partial charge in [0.25, 0.3) is 0 Å². The molecule has 1 aliphatic heterocycles. The average molecular weight is 261 g/mol. The molecular weight excluding hydrogens is 242 g/mol. The molecule has 5 heteroatoms. The highest BCUT2D eigenvalue weighted by molar-refractivity contribution is 6.07. The third kappa shape index (κ3) is 2.33. The third-order valence-electron chi connectivity index (χ3n) is 3.59. The SMILES string of the molecule is CC1(C)C(=O)N(CCCC(=O)NN)c2ccccc21. The fourth-order valence-electron chi connectivity index (χ4n) is 2.49. The number of hydrogen-bond acceptors (Lipinski definition) is 3. The molecule has 0 saturated heterocycles. The lowest BCUT2D eigenvalue weighted by Gasteiger charge is -2.20. The van der Waals surface area contributed by atoms with Crippen molar-refractivity contribution in [2.75, 3.05) is 11.4 Å². The van der Waals surface area contributed by atoms with Crippen LogP contribution in [0.3, 0.4) is 0 Å². The summed E-state index contributed by atoms with van der Waals surface area (Å²) in [7, 11) is 0. The Balaban J connectivity index is 2.14. The maximum absolute atomic E-state index is 12.4. The molecule has 1 aromatic rings. The summed E-state index contributed by atoms with van der Waals surface area (Å²) in [6.07, 6.45) is 0.919. The Hall–Kier alpha value is -1.88. The minimum Gasteiger partial charge on any atom is -0.311 e. The first-order valence-electron chi connectivity index (χ1n) is 6.39. The second-order valence-corrected chi connectivity index (χ2v) is 5.27. The number of rotatable bonds is 4. The van der Waals surface area contributed by atoms with Crippen LogP contribution in [0.2, 0.25) is 0 Å². The predicted octanol–water partition coefficient (Wildman–Crippen LogP) is 1.08. The molecule has 0 bridgehead atoms. The number of carbonyl (C=O) groups is 2. The van der Waals surface area contributed by atoms with Gasteiger partial charge in [-0.05, 0) is 31.9 Å².